The maximum Gasteiger partial charge on any atom is 0.239 e. The van der Waals surface area contributed by atoms with Gasteiger partial charge in [0.1, 0.15) is 5.88 Å². The Hall–Kier alpha value is -0.770. The van der Waals surface area contributed by atoms with E-state index in [2.05, 4.69) is 24.5 Å². The predicted molar refractivity (Wildman–Crippen MR) is 67.9 cm³/mol. The van der Waals surface area contributed by atoms with Gasteiger partial charge in [0.25, 0.3) is 0 Å². The van der Waals surface area contributed by atoms with E-state index in [-0.39, 0.29) is 29.7 Å². The third kappa shape index (κ3) is 4.54. The van der Waals surface area contributed by atoms with Crippen LogP contribution in [0.4, 0.5) is 0 Å². The van der Waals surface area contributed by atoms with Crippen LogP contribution in [0.25, 0.3) is 0 Å². The van der Waals surface area contributed by atoms with Gasteiger partial charge in [-0.1, -0.05) is 20.3 Å². The smallest absolute Gasteiger partial charge is 0.239 e. The number of halogens is 1. The first-order valence-electron chi connectivity index (χ1n) is 6.05. The van der Waals surface area contributed by atoms with E-state index in [0.29, 0.717) is 12.5 Å². The minimum atomic E-state index is -0.319. The van der Waals surface area contributed by atoms with Gasteiger partial charge in [-0.15, -0.1) is 11.6 Å². The van der Waals surface area contributed by atoms with Gasteiger partial charge in [0.05, 0.1) is 6.54 Å². The molecule has 1 aliphatic carbocycles. The van der Waals surface area contributed by atoms with E-state index in [9.17, 15) is 9.59 Å². The number of carbonyl (C=O) groups excluding carboxylic acids is 2. The molecule has 0 aromatic heterocycles. The molecule has 0 unspecified atom stereocenters. The molecule has 17 heavy (non-hydrogen) atoms. The van der Waals surface area contributed by atoms with Crippen molar-refractivity contribution in [3.05, 3.63) is 0 Å². The fraction of sp³-hybridized carbons (Fsp3) is 0.833. The first-order valence-corrected chi connectivity index (χ1v) is 6.58. The molecule has 0 saturated heterocycles. The van der Waals surface area contributed by atoms with Crippen LogP contribution in [0.2, 0.25) is 0 Å². The molecule has 1 rings (SSSR count). The van der Waals surface area contributed by atoms with Crippen LogP contribution in [0.3, 0.4) is 0 Å². The molecule has 98 valence electrons. The molecule has 0 bridgehead atoms. The van der Waals surface area contributed by atoms with Crippen LogP contribution in [0.15, 0.2) is 0 Å². The van der Waals surface area contributed by atoms with E-state index in [1.54, 1.807) is 0 Å². The molecule has 1 fully saturated rings. The van der Waals surface area contributed by atoms with Crippen molar-refractivity contribution in [2.45, 2.75) is 33.1 Å². The zero-order valence-electron chi connectivity index (χ0n) is 10.5. The summed E-state index contributed by atoms with van der Waals surface area (Å²) in [7, 11) is 0. The second kappa shape index (κ2) is 6.24. The molecule has 0 atom stereocenters. The Labute approximate surface area is 107 Å². The molecule has 4 nitrogen and oxygen atoms in total. The molecule has 2 amide bonds. The number of hydrogen-bond acceptors (Lipinski definition) is 2. The van der Waals surface area contributed by atoms with Crippen LogP contribution < -0.4 is 10.6 Å². The largest absolute Gasteiger partial charge is 0.354 e. The number of rotatable bonds is 6. The van der Waals surface area contributed by atoms with E-state index in [4.69, 9.17) is 11.6 Å². The summed E-state index contributed by atoms with van der Waals surface area (Å²) >= 11 is 5.31. The third-order valence-corrected chi connectivity index (χ3v) is 3.76. The molecule has 1 aliphatic rings. The quantitative estimate of drug-likeness (QED) is 0.707. The van der Waals surface area contributed by atoms with Crippen LogP contribution in [0, 0.1) is 11.3 Å². The van der Waals surface area contributed by atoms with E-state index in [0.717, 1.165) is 0 Å². The van der Waals surface area contributed by atoms with Crippen LogP contribution in [0.1, 0.15) is 33.1 Å². The van der Waals surface area contributed by atoms with Crippen molar-refractivity contribution in [3.63, 3.8) is 0 Å². The van der Waals surface area contributed by atoms with Crippen LogP contribution in [0.5, 0.6) is 0 Å². The van der Waals surface area contributed by atoms with Crippen molar-refractivity contribution >= 4 is 23.4 Å². The van der Waals surface area contributed by atoms with Crippen LogP contribution in [-0.2, 0) is 9.59 Å². The van der Waals surface area contributed by atoms with Gasteiger partial charge in [0, 0.05) is 6.54 Å². The first-order chi connectivity index (χ1) is 7.95. The zero-order valence-corrected chi connectivity index (χ0v) is 11.3. The molecule has 5 heteroatoms. The zero-order chi connectivity index (χ0) is 12.9. The standard InChI is InChI=1S/C12H21ClN2O2/c1-12(2,9-4-3-5-9)8-15-11(17)7-14-10(16)6-13/h9H,3-8H2,1-2H3,(H,14,16)(H,15,17). The molecule has 0 aromatic carbocycles. The van der Waals surface area contributed by atoms with Crippen molar-refractivity contribution < 1.29 is 9.59 Å². The molecule has 0 aliphatic heterocycles. The summed E-state index contributed by atoms with van der Waals surface area (Å²) in [6.45, 7) is 5.02. The molecular formula is C12H21ClN2O2. The summed E-state index contributed by atoms with van der Waals surface area (Å²) in [6, 6.07) is 0. The van der Waals surface area contributed by atoms with E-state index >= 15 is 0 Å². The molecule has 0 heterocycles. The Balaban J connectivity index is 2.20. The summed E-state index contributed by atoms with van der Waals surface area (Å²) in [5.74, 6) is 0.122. The van der Waals surface area contributed by atoms with Crippen LogP contribution in [-0.4, -0.2) is 30.8 Å². The summed E-state index contributed by atoms with van der Waals surface area (Å²) in [5, 5.41) is 5.30. The lowest BCUT2D eigenvalue weighted by Gasteiger charge is -2.40. The van der Waals surface area contributed by atoms with Crippen molar-refractivity contribution in [2.75, 3.05) is 19.0 Å². The van der Waals surface area contributed by atoms with Crippen molar-refractivity contribution in [2.24, 2.45) is 11.3 Å². The monoisotopic (exact) mass is 260 g/mol. The number of carbonyl (C=O) groups is 2. The van der Waals surface area contributed by atoms with E-state index < -0.39 is 0 Å². The van der Waals surface area contributed by atoms with Gasteiger partial charge in [-0.05, 0) is 24.2 Å². The lowest BCUT2D eigenvalue weighted by molar-refractivity contribution is -0.125. The Morgan fingerprint density at radius 3 is 2.35 bits per heavy atom. The minimum absolute atomic E-state index is 0.00625. The maximum atomic E-state index is 11.5. The lowest BCUT2D eigenvalue weighted by Crippen LogP contribution is -2.44. The van der Waals surface area contributed by atoms with Gasteiger partial charge in [0.15, 0.2) is 0 Å². The van der Waals surface area contributed by atoms with Crippen molar-refractivity contribution in [1.82, 2.24) is 10.6 Å². The lowest BCUT2D eigenvalue weighted by atomic mass is 9.67. The minimum Gasteiger partial charge on any atom is -0.354 e. The van der Waals surface area contributed by atoms with Crippen molar-refractivity contribution in [1.29, 1.82) is 0 Å². The van der Waals surface area contributed by atoms with Gasteiger partial charge < -0.3 is 10.6 Å². The highest BCUT2D eigenvalue weighted by Gasteiger charge is 2.33. The van der Waals surface area contributed by atoms with E-state index in [1.165, 1.54) is 19.3 Å². The molecule has 0 aromatic rings. The average molecular weight is 261 g/mol. The summed E-state index contributed by atoms with van der Waals surface area (Å²) in [6.07, 6.45) is 3.81. The van der Waals surface area contributed by atoms with Gasteiger partial charge in [-0.25, -0.2) is 0 Å². The Morgan fingerprint density at radius 1 is 1.24 bits per heavy atom. The Kier molecular flexibility index (Phi) is 5.25. The summed E-state index contributed by atoms with van der Waals surface area (Å²) in [5.41, 5.74) is 0.143. The second-order valence-electron chi connectivity index (χ2n) is 5.30. The first kappa shape index (κ1) is 14.3. The summed E-state index contributed by atoms with van der Waals surface area (Å²) < 4.78 is 0. The highest BCUT2D eigenvalue weighted by atomic mass is 35.5. The van der Waals surface area contributed by atoms with Crippen molar-refractivity contribution in [3.8, 4) is 0 Å². The fourth-order valence-corrected chi connectivity index (χ4v) is 2.04. The van der Waals surface area contributed by atoms with E-state index in [1.807, 2.05) is 0 Å². The number of amides is 2. The van der Waals surface area contributed by atoms with Gasteiger partial charge in [-0.2, -0.15) is 0 Å². The number of alkyl halides is 1. The third-order valence-electron chi connectivity index (χ3n) is 3.52. The number of nitrogens with one attached hydrogen (secondary N) is 2. The topological polar surface area (TPSA) is 58.2 Å². The average Bonchev–Trinajstić information content (AvgIpc) is 2.20. The molecule has 0 radical (unpaired) electrons. The summed E-state index contributed by atoms with van der Waals surface area (Å²) in [4.78, 5) is 22.3. The molecule has 2 N–H and O–H groups in total. The highest BCUT2D eigenvalue weighted by molar-refractivity contribution is 6.27. The Morgan fingerprint density at radius 2 is 1.88 bits per heavy atom. The Bertz CT molecular complexity index is 288. The molecule has 0 spiro atoms. The fourth-order valence-electron chi connectivity index (χ4n) is 1.95. The SMILES string of the molecule is CC(C)(CNC(=O)CNC(=O)CCl)C1CCC1. The van der Waals surface area contributed by atoms with Gasteiger partial charge in [0.2, 0.25) is 11.8 Å². The highest BCUT2D eigenvalue weighted by Crippen LogP contribution is 2.41. The normalized spacial score (nSPS) is 16.2. The number of hydrogen-bond donors (Lipinski definition) is 2. The maximum absolute atomic E-state index is 11.5. The second-order valence-corrected chi connectivity index (χ2v) is 5.57. The molecule has 1 saturated carbocycles. The van der Waals surface area contributed by atoms with Gasteiger partial charge >= 0.3 is 0 Å². The predicted octanol–water partition coefficient (Wildman–Crippen LogP) is 1.28. The van der Waals surface area contributed by atoms with Crippen LogP contribution >= 0.6 is 11.6 Å². The molecular weight excluding hydrogens is 240 g/mol. The van der Waals surface area contributed by atoms with Gasteiger partial charge in [-0.3, -0.25) is 9.59 Å².